The molecule has 1 heterocycles. The third-order valence-electron chi connectivity index (χ3n) is 4.74. The van der Waals surface area contributed by atoms with Gasteiger partial charge in [0.15, 0.2) is 0 Å². The maximum atomic E-state index is 13.7. The summed E-state index contributed by atoms with van der Waals surface area (Å²) in [5, 5.41) is 0. The molecular weight excluding hydrogens is 565 g/mol. The first-order valence-electron chi connectivity index (χ1n) is 8.66. The second-order valence-corrected chi connectivity index (χ2v) is 7.17. The van der Waals surface area contributed by atoms with Gasteiger partial charge in [-0.1, -0.05) is 0 Å². The van der Waals surface area contributed by atoms with Crippen molar-refractivity contribution in [3.63, 3.8) is 0 Å². The van der Waals surface area contributed by atoms with Crippen LogP contribution in [0.25, 0.3) is 0 Å². The zero-order valence-corrected chi connectivity index (χ0v) is 16.4. The standard InChI is InChI=1S/C15H8F17NO3/c16-8(17,4-3-7(36)33-5(34)1-2-6(33)35)9(18,19)10(20,21)11(22,23)12(24,25)13(26,27)14(28,29)15(30,31)32/h1-4H2. The number of amides is 3. The van der Waals surface area contributed by atoms with E-state index in [2.05, 4.69) is 0 Å². The van der Waals surface area contributed by atoms with Crippen LogP contribution < -0.4 is 0 Å². The number of halogens is 17. The van der Waals surface area contributed by atoms with Crippen molar-refractivity contribution in [2.24, 2.45) is 0 Å². The number of imide groups is 3. The molecule has 21 heteroatoms. The number of hydrogen-bond acceptors (Lipinski definition) is 3. The Kier molecular flexibility index (Phi) is 7.55. The van der Waals surface area contributed by atoms with E-state index in [9.17, 15) is 89.0 Å². The fraction of sp³-hybridized carbons (Fsp3) is 0.800. The lowest BCUT2D eigenvalue weighted by Crippen LogP contribution is -2.74. The van der Waals surface area contributed by atoms with E-state index in [-0.39, 0.29) is 0 Å². The van der Waals surface area contributed by atoms with Gasteiger partial charge in [0.2, 0.25) is 17.7 Å². The van der Waals surface area contributed by atoms with Gasteiger partial charge < -0.3 is 0 Å². The smallest absolute Gasteiger partial charge is 0.274 e. The Morgan fingerprint density at radius 3 is 1.19 bits per heavy atom. The molecule has 1 aliphatic rings. The Bertz CT molecular complexity index is 891. The molecule has 0 aliphatic carbocycles. The quantitative estimate of drug-likeness (QED) is 0.273. The molecule has 0 aromatic rings. The summed E-state index contributed by atoms with van der Waals surface area (Å²) in [5.74, 6) is -62.4. The highest BCUT2D eigenvalue weighted by Gasteiger charge is 2.95. The molecule has 210 valence electrons. The van der Waals surface area contributed by atoms with Crippen LogP contribution in [0.5, 0.6) is 0 Å². The van der Waals surface area contributed by atoms with Crippen molar-refractivity contribution in [3.8, 4) is 0 Å². The molecule has 4 nitrogen and oxygen atoms in total. The summed E-state index contributed by atoms with van der Waals surface area (Å²) in [5.41, 5.74) is 0. The molecule has 1 fully saturated rings. The molecule has 0 aromatic heterocycles. The number of alkyl halides is 17. The van der Waals surface area contributed by atoms with Crippen molar-refractivity contribution in [1.82, 2.24) is 4.90 Å². The molecule has 0 atom stereocenters. The lowest BCUT2D eigenvalue weighted by atomic mass is 9.88. The van der Waals surface area contributed by atoms with E-state index in [1.165, 1.54) is 0 Å². The molecule has 1 aliphatic heterocycles. The van der Waals surface area contributed by atoms with Crippen molar-refractivity contribution in [2.75, 3.05) is 0 Å². The van der Waals surface area contributed by atoms with Crippen LogP contribution in [0.4, 0.5) is 74.6 Å². The van der Waals surface area contributed by atoms with Crippen LogP contribution in [0.3, 0.4) is 0 Å². The number of hydrogen-bond donors (Lipinski definition) is 0. The van der Waals surface area contributed by atoms with E-state index in [1.54, 1.807) is 0 Å². The summed E-state index contributed by atoms with van der Waals surface area (Å²) in [7, 11) is 0. The van der Waals surface area contributed by atoms with Gasteiger partial charge in [-0.05, 0) is 0 Å². The van der Waals surface area contributed by atoms with Gasteiger partial charge >= 0.3 is 47.6 Å². The van der Waals surface area contributed by atoms with Crippen molar-refractivity contribution < 1.29 is 89.0 Å². The van der Waals surface area contributed by atoms with E-state index in [0.29, 0.717) is 0 Å². The van der Waals surface area contributed by atoms with E-state index in [1.807, 2.05) is 0 Å². The van der Waals surface area contributed by atoms with Crippen molar-refractivity contribution >= 4 is 17.7 Å². The minimum Gasteiger partial charge on any atom is -0.274 e. The summed E-state index contributed by atoms with van der Waals surface area (Å²) < 4.78 is 223. The number of carbonyl (C=O) groups is 3. The van der Waals surface area contributed by atoms with E-state index in [4.69, 9.17) is 0 Å². The molecule has 0 spiro atoms. The van der Waals surface area contributed by atoms with E-state index >= 15 is 0 Å². The average Bonchev–Trinajstić information content (AvgIpc) is 3.02. The Labute approximate surface area is 186 Å². The highest BCUT2D eigenvalue weighted by molar-refractivity contribution is 6.14. The predicted molar refractivity (Wildman–Crippen MR) is 76.0 cm³/mol. The third-order valence-corrected chi connectivity index (χ3v) is 4.74. The summed E-state index contributed by atoms with van der Waals surface area (Å²) in [4.78, 5) is 33.6. The Morgan fingerprint density at radius 2 is 0.861 bits per heavy atom. The van der Waals surface area contributed by atoms with Crippen LogP contribution >= 0.6 is 0 Å². The highest BCUT2D eigenvalue weighted by Crippen LogP contribution is 2.64. The fourth-order valence-electron chi connectivity index (χ4n) is 2.58. The SMILES string of the molecule is O=C1CCC(=O)N1C(=O)CCC(F)(F)C(F)(F)C(F)(F)C(F)(F)C(F)(F)C(F)(F)C(F)(F)C(F)(F)F. The molecule has 0 radical (unpaired) electrons. The second-order valence-electron chi connectivity index (χ2n) is 7.17. The first-order valence-corrected chi connectivity index (χ1v) is 8.66. The largest absolute Gasteiger partial charge is 0.460 e. The molecule has 0 unspecified atom stereocenters. The van der Waals surface area contributed by atoms with E-state index < -0.39 is 95.9 Å². The lowest BCUT2D eigenvalue weighted by Gasteiger charge is -2.42. The zero-order chi connectivity index (χ0) is 29.1. The molecule has 1 saturated heterocycles. The van der Waals surface area contributed by atoms with Crippen LogP contribution in [-0.2, 0) is 14.4 Å². The van der Waals surface area contributed by atoms with Crippen LogP contribution in [-0.4, -0.2) is 70.3 Å². The Morgan fingerprint density at radius 1 is 0.556 bits per heavy atom. The Balaban J connectivity index is 3.40. The molecule has 0 saturated carbocycles. The molecule has 3 amide bonds. The van der Waals surface area contributed by atoms with Crippen LogP contribution in [0.15, 0.2) is 0 Å². The predicted octanol–water partition coefficient (Wildman–Crippen LogP) is 5.45. The molecular formula is C15H8F17NO3. The maximum absolute atomic E-state index is 13.7. The van der Waals surface area contributed by atoms with Crippen molar-refractivity contribution in [1.29, 1.82) is 0 Å². The molecule has 0 aromatic carbocycles. The molecule has 36 heavy (non-hydrogen) atoms. The molecule has 0 N–H and O–H groups in total. The van der Waals surface area contributed by atoms with Gasteiger partial charge in [-0.2, -0.15) is 74.6 Å². The number of nitrogens with zero attached hydrogens (tertiary/aromatic N) is 1. The van der Waals surface area contributed by atoms with Gasteiger partial charge in [0.1, 0.15) is 0 Å². The average molecular weight is 573 g/mol. The van der Waals surface area contributed by atoms with Crippen LogP contribution in [0, 0.1) is 0 Å². The van der Waals surface area contributed by atoms with Gasteiger partial charge in [-0.15, -0.1) is 0 Å². The normalized spacial score (nSPS) is 17.8. The van der Waals surface area contributed by atoms with E-state index in [0.717, 1.165) is 0 Å². The third kappa shape index (κ3) is 4.24. The first-order chi connectivity index (χ1) is 15.6. The van der Waals surface area contributed by atoms with Gasteiger partial charge in [-0.25, -0.2) is 4.90 Å². The van der Waals surface area contributed by atoms with Gasteiger partial charge in [0.05, 0.1) is 0 Å². The Hall–Kier alpha value is -2.38. The second kappa shape index (κ2) is 8.59. The van der Waals surface area contributed by atoms with Crippen LogP contribution in [0.2, 0.25) is 0 Å². The van der Waals surface area contributed by atoms with Gasteiger partial charge in [0.25, 0.3) is 0 Å². The number of rotatable bonds is 9. The van der Waals surface area contributed by atoms with Crippen LogP contribution in [0.1, 0.15) is 25.7 Å². The zero-order valence-electron chi connectivity index (χ0n) is 16.4. The van der Waals surface area contributed by atoms with Gasteiger partial charge in [0, 0.05) is 25.7 Å². The van der Waals surface area contributed by atoms with Crippen molar-refractivity contribution in [2.45, 2.75) is 73.3 Å². The van der Waals surface area contributed by atoms with Crippen molar-refractivity contribution in [3.05, 3.63) is 0 Å². The number of likely N-dealkylation sites (tertiary alicyclic amines) is 1. The first kappa shape index (κ1) is 31.6. The monoisotopic (exact) mass is 573 g/mol. The summed E-state index contributed by atoms with van der Waals surface area (Å²) in [6.07, 6.45) is -14.5. The van der Waals surface area contributed by atoms with Gasteiger partial charge in [-0.3, -0.25) is 14.4 Å². The highest BCUT2D eigenvalue weighted by atomic mass is 19.4. The summed E-state index contributed by atoms with van der Waals surface area (Å²) in [6, 6.07) is 0. The maximum Gasteiger partial charge on any atom is 0.460 e. The fourth-order valence-corrected chi connectivity index (χ4v) is 2.58. The summed E-state index contributed by atoms with van der Waals surface area (Å²) >= 11 is 0. The molecule has 0 bridgehead atoms. The minimum atomic E-state index is -8.74. The lowest BCUT2D eigenvalue weighted by molar-refractivity contribution is -0.461. The number of carbonyl (C=O) groups excluding carboxylic acids is 3. The topological polar surface area (TPSA) is 54.5 Å². The molecule has 1 rings (SSSR count). The summed E-state index contributed by atoms with van der Waals surface area (Å²) in [6.45, 7) is 0. The minimum absolute atomic E-state index is 0.436.